The first-order valence-corrected chi connectivity index (χ1v) is 5.33. The first kappa shape index (κ1) is 13.8. The molecular formula is C11H16N4O3. The van der Waals surface area contributed by atoms with Crippen LogP contribution in [0.15, 0.2) is 29.4 Å². The summed E-state index contributed by atoms with van der Waals surface area (Å²) in [6.07, 6.45) is 3.58. The monoisotopic (exact) mass is 252 g/mol. The summed E-state index contributed by atoms with van der Waals surface area (Å²) >= 11 is 0. The van der Waals surface area contributed by atoms with Gasteiger partial charge < -0.3 is 21.1 Å². The molecule has 0 bridgehead atoms. The van der Waals surface area contributed by atoms with Crippen LogP contribution in [0.2, 0.25) is 0 Å². The van der Waals surface area contributed by atoms with Crippen LogP contribution in [0.25, 0.3) is 0 Å². The molecule has 2 heterocycles. The van der Waals surface area contributed by atoms with Crippen LogP contribution >= 0.6 is 0 Å². The van der Waals surface area contributed by atoms with Gasteiger partial charge in [0.15, 0.2) is 12.4 Å². The number of hydrogen-bond donors (Lipinski definition) is 3. The minimum atomic E-state index is -0.739. The molecule has 0 aromatic carbocycles. The van der Waals surface area contributed by atoms with Gasteiger partial charge in [-0.3, -0.25) is 4.99 Å². The van der Waals surface area contributed by atoms with Crippen molar-refractivity contribution >= 4 is 17.7 Å². The molecule has 7 nitrogen and oxygen atoms in total. The fraction of sp³-hybridized carbons (Fsp3) is 0.364. The van der Waals surface area contributed by atoms with E-state index in [1.807, 2.05) is 12.3 Å². The predicted molar refractivity (Wildman–Crippen MR) is 66.6 cm³/mol. The SMILES string of the molecule is C1=CC2=NC2N1.C=C(C)C(=O)OC(C)NC(N)=O. The second-order valence-corrected chi connectivity index (χ2v) is 3.79. The number of aliphatic imine (C=N–C) groups is 1. The Morgan fingerprint density at radius 3 is 2.61 bits per heavy atom. The van der Waals surface area contributed by atoms with Crippen LogP contribution in [0.5, 0.6) is 0 Å². The van der Waals surface area contributed by atoms with Gasteiger partial charge in [0, 0.05) is 11.8 Å². The van der Waals surface area contributed by atoms with E-state index in [2.05, 4.69) is 26.9 Å². The summed E-state index contributed by atoms with van der Waals surface area (Å²) in [6, 6.07) is -0.739. The molecule has 2 aliphatic heterocycles. The number of hydrogen-bond acceptors (Lipinski definition) is 5. The highest BCUT2D eigenvalue weighted by Crippen LogP contribution is 2.13. The largest absolute Gasteiger partial charge is 0.439 e. The van der Waals surface area contributed by atoms with E-state index in [1.54, 1.807) is 0 Å². The lowest BCUT2D eigenvalue weighted by Crippen LogP contribution is -2.39. The third-order valence-corrected chi connectivity index (χ3v) is 1.98. The Balaban J connectivity index is 0.000000217. The Morgan fingerprint density at radius 1 is 1.67 bits per heavy atom. The lowest BCUT2D eigenvalue weighted by molar-refractivity contribution is -0.144. The van der Waals surface area contributed by atoms with E-state index in [1.165, 1.54) is 19.6 Å². The lowest BCUT2D eigenvalue weighted by Gasteiger charge is -2.12. The van der Waals surface area contributed by atoms with Gasteiger partial charge in [0.2, 0.25) is 0 Å². The number of ether oxygens (including phenoxy) is 1. The maximum Gasteiger partial charge on any atom is 0.335 e. The summed E-state index contributed by atoms with van der Waals surface area (Å²) in [5.41, 5.74) is 6.26. The highest BCUT2D eigenvalue weighted by Gasteiger charge is 2.26. The maximum atomic E-state index is 10.8. The maximum absolute atomic E-state index is 10.8. The molecule has 98 valence electrons. The molecule has 0 aromatic heterocycles. The van der Waals surface area contributed by atoms with E-state index in [0.29, 0.717) is 6.17 Å². The lowest BCUT2D eigenvalue weighted by atomic mass is 10.4. The fourth-order valence-electron chi connectivity index (χ4n) is 1.08. The summed E-state index contributed by atoms with van der Waals surface area (Å²) in [5, 5.41) is 5.19. The first-order valence-electron chi connectivity index (χ1n) is 5.33. The molecule has 2 aliphatic rings. The number of carbonyl (C=O) groups is 2. The number of amides is 2. The summed E-state index contributed by atoms with van der Waals surface area (Å²) in [6.45, 7) is 6.37. The molecule has 0 saturated carbocycles. The second kappa shape index (κ2) is 5.85. The Morgan fingerprint density at radius 2 is 2.33 bits per heavy atom. The van der Waals surface area contributed by atoms with Gasteiger partial charge in [-0.2, -0.15) is 0 Å². The van der Waals surface area contributed by atoms with Crippen molar-refractivity contribution in [3.63, 3.8) is 0 Å². The molecule has 7 heteroatoms. The van der Waals surface area contributed by atoms with Crippen LogP contribution in [0.3, 0.4) is 0 Å². The van der Waals surface area contributed by atoms with Gasteiger partial charge >= 0.3 is 12.0 Å². The molecule has 0 spiro atoms. The average molecular weight is 252 g/mol. The van der Waals surface area contributed by atoms with Crippen molar-refractivity contribution in [2.45, 2.75) is 26.2 Å². The van der Waals surface area contributed by atoms with E-state index in [9.17, 15) is 9.59 Å². The van der Waals surface area contributed by atoms with Crippen molar-refractivity contribution in [3.05, 3.63) is 24.4 Å². The number of esters is 1. The summed E-state index contributed by atoms with van der Waals surface area (Å²) < 4.78 is 4.67. The highest BCUT2D eigenvalue weighted by atomic mass is 16.6. The summed E-state index contributed by atoms with van der Waals surface area (Å²) in [4.78, 5) is 25.1. The molecule has 2 rings (SSSR count). The standard InChI is InChI=1S/C7H12N2O3.C4H4N2/c1-4(2)6(10)12-5(3)9-7(8)11;1-2-5-4-3(1)6-4/h5H,1H2,2-3H3,(H3,8,9,11);1-2,4-5H. The van der Waals surface area contributed by atoms with Gasteiger partial charge in [-0.1, -0.05) is 6.58 Å². The molecular weight excluding hydrogens is 236 g/mol. The minimum absolute atomic E-state index is 0.271. The number of nitrogens with zero attached hydrogens (tertiary/aromatic N) is 1. The molecule has 0 fully saturated rings. The fourth-order valence-corrected chi connectivity index (χ4v) is 1.08. The van der Waals surface area contributed by atoms with Crippen molar-refractivity contribution in [2.75, 3.05) is 0 Å². The zero-order valence-corrected chi connectivity index (χ0v) is 10.3. The van der Waals surface area contributed by atoms with Crippen LogP contribution < -0.4 is 16.4 Å². The van der Waals surface area contributed by atoms with E-state index >= 15 is 0 Å². The molecule has 0 radical (unpaired) electrons. The molecule has 2 unspecified atom stereocenters. The molecule has 0 aromatic rings. The van der Waals surface area contributed by atoms with E-state index in [4.69, 9.17) is 5.73 Å². The number of urea groups is 1. The number of carbonyl (C=O) groups excluding carboxylic acids is 2. The molecule has 2 atom stereocenters. The van der Waals surface area contributed by atoms with Gasteiger partial charge in [-0.05, 0) is 19.9 Å². The van der Waals surface area contributed by atoms with Crippen molar-refractivity contribution < 1.29 is 14.3 Å². The summed E-state index contributed by atoms with van der Waals surface area (Å²) in [7, 11) is 0. The topological polar surface area (TPSA) is 106 Å². The van der Waals surface area contributed by atoms with Crippen LogP contribution in [0, 0.1) is 0 Å². The van der Waals surface area contributed by atoms with Crippen molar-refractivity contribution in [1.82, 2.24) is 10.6 Å². The van der Waals surface area contributed by atoms with E-state index < -0.39 is 18.2 Å². The number of nitrogens with one attached hydrogen (secondary N) is 2. The van der Waals surface area contributed by atoms with Gasteiger partial charge in [0.25, 0.3) is 0 Å². The first-order chi connectivity index (χ1) is 8.40. The van der Waals surface area contributed by atoms with Crippen molar-refractivity contribution in [3.8, 4) is 0 Å². The minimum Gasteiger partial charge on any atom is -0.439 e. The predicted octanol–water partition coefficient (Wildman–Crippen LogP) is 0.00400. The third kappa shape index (κ3) is 4.69. The number of primary amides is 1. The Labute approximate surface area is 105 Å². The zero-order valence-electron chi connectivity index (χ0n) is 10.3. The summed E-state index contributed by atoms with van der Waals surface area (Å²) in [5.74, 6) is -0.559. The third-order valence-electron chi connectivity index (χ3n) is 1.98. The quantitative estimate of drug-likeness (QED) is 0.373. The molecule has 18 heavy (non-hydrogen) atoms. The van der Waals surface area contributed by atoms with Crippen molar-refractivity contribution in [1.29, 1.82) is 0 Å². The number of rotatable bonds is 3. The normalized spacial score (nSPS) is 19.2. The zero-order chi connectivity index (χ0) is 13.7. The van der Waals surface area contributed by atoms with Crippen LogP contribution in [-0.2, 0) is 9.53 Å². The molecule has 4 N–H and O–H groups in total. The second-order valence-electron chi connectivity index (χ2n) is 3.79. The Kier molecular flexibility index (Phi) is 4.47. The Hall–Kier alpha value is -2.31. The van der Waals surface area contributed by atoms with Gasteiger partial charge in [-0.15, -0.1) is 0 Å². The van der Waals surface area contributed by atoms with Gasteiger partial charge in [-0.25, -0.2) is 9.59 Å². The van der Waals surface area contributed by atoms with Crippen LogP contribution in [0.4, 0.5) is 4.79 Å². The van der Waals surface area contributed by atoms with E-state index in [0.717, 1.165) is 0 Å². The van der Waals surface area contributed by atoms with Crippen molar-refractivity contribution in [2.24, 2.45) is 10.7 Å². The molecule has 0 aliphatic carbocycles. The van der Waals surface area contributed by atoms with Crippen LogP contribution in [-0.4, -0.2) is 30.1 Å². The van der Waals surface area contributed by atoms with Gasteiger partial charge in [0.05, 0.1) is 5.71 Å². The molecule has 2 amide bonds. The van der Waals surface area contributed by atoms with Gasteiger partial charge in [0.1, 0.15) is 0 Å². The van der Waals surface area contributed by atoms with Crippen LogP contribution in [0.1, 0.15) is 13.8 Å². The Bertz CT molecular complexity index is 428. The molecule has 0 saturated heterocycles. The number of fused-ring (bicyclic) bond motifs is 1. The average Bonchev–Trinajstić information content (AvgIpc) is 2.85. The van der Waals surface area contributed by atoms with E-state index in [-0.39, 0.29) is 5.57 Å². The number of nitrogens with two attached hydrogens (primary N) is 1. The smallest absolute Gasteiger partial charge is 0.335 e. The highest BCUT2D eigenvalue weighted by molar-refractivity contribution is 6.10.